The monoisotopic (exact) mass is 239 g/mol. The summed E-state index contributed by atoms with van der Waals surface area (Å²) in [6.45, 7) is 0. The first kappa shape index (κ1) is 11.3. The molecule has 2 amide bonds. The zero-order chi connectivity index (χ0) is 10.8. The Morgan fingerprint density at radius 1 is 1.57 bits per heavy atom. The number of amides is 2. The van der Waals surface area contributed by atoms with E-state index < -0.39 is 20.5 Å². The van der Waals surface area contributed by atoms with Crippen LogP contribution in [0.1, 0.15) is 12.8 Å². The number of imide groups is 1. The van der Waals surface area contributed by atoms with Crippen molar-refractivity contribution in [2.24, 2.45) is 0 Å². The van der Waals surface area contributed by atoms with E-state index in [0.717, 1.165) is 0 Å². The maximum Gasteiger partial charge on any atom is 0.303 e. The predicted octanol–water partition coefficient (Wildman–Crippen LogP) is 1.06. The van der Waals surface area contributed by atoms with Gasteiger partial charge in [-0.3, -0.25) is 19.7 Å². The van der Waals surface area contributed by atoms with Gasteiger partial charge in [0.15, 0.2) is 0 Å². The maximum absolute atomic E-state index is 11.2. The minimum Gasteiger partial charge on any atom is -0.481 e. The normalized spacial score (nSPS) is 30.9. The summed E-state index contributed by atoms with van der Waals surface area (Å²) < 4.78 is 0. The summed E-state index contributed by atoms with van der Waals surface area (Å²) in [7, 11) is 3.84. The summed E-state index contributed by atoms with van der Waals surface area (Å²) in [6, 6.07) is 0. The number of carbonyl (C=O) groups is 3. The van der Waals surface area contributed by atoms with Crippen molar-refractivity contribution in [1.82, 2.24) is 5.32 Å². The van der Waals surface area contributed by atoms with Crippen molar-refractivity contribution in [3.05, 3.63) is 0 Å². The third-order valence-electron chi connectivity index (χ3n) is 1.79. The fraction of sp³-hybridized carbons (Fsp3) is 0.571. The lowest BCUT2D eigenvalue weighted by molar-refractivity contribution is -0.137. The van der Waals surface area contributed by atoms with Crippen molar-refractivity contribution in [2.75, 3.05) is 11.5 Å². The van der Waals surface area contributed by atoms with Crippen molar-refractivity contribution in [1.29, 1.82) is 0 Å². The van der Waals surface area contributed by atoms with Gasteiger partial charge in [-0.15, -0.1) is 0 Å². The van der Waals surface area contributed by atoms with Crippen LogP contribution >= 0.6 is 19.9 Å². The number of carbonyl (C=O) groups excluding carboxylic acids is 2. The maximum atomic E-state index is 11.2. The molecule has 1 saturated heterocycles. The lowest BCUT2D eigenvalue weighted by atomic mass is 10.3. The third-order valence-corrected chi connectivity index (χ3v) is 5.42. The van der Waals surface area contributed by atoms with Gasteiger partial charge in [-0.25, -0.2) is 0 Å². The zero-order valence-corrected chi connectivity index (χ0v) is 8.86. The molecule has 7 heteroatoms. The SMILES string of the molecule is O=C(O)CCCS1(Cl)CC(=O)NC1=O. The molecule has 1 atom stereocenters. The summed E-state index contributed by atoms with van der Waals surface area (Å²) in [5, 5.41) is 10.1. The van der Waals surface area contributed by atoms with Crippen molar-refractivity contribution < 1.29 is 19.5 Å². The van der Waals surface area contributed by atoms with Gasteiger partial charge in [-0.1, -0.05) is 19.9 Å². The average Bonchev–Trinajstić information content (AvgIpc) is 2.25. The van der Waals surface area contributed by atoms with Crippen LogP contribution in [-0.2, 0) is 9.59 Å². The lowest BCUT2D eigenvalue weighted by Gasteiger charge is -2.21. The molecule has 0 saturated carbocycles. The summed E-state index contributed by atoms with van der Waals surface area (Å²) in [4.78, 5) is 32.3. The van der Waals surface area contributed by atoms with Gasteiger partial charge in [-0.05, 0) is 12.2 Å². The quantitative estimate of drug-likeness (QED) is 0.768. The molecule has 14 heavy (non-hydrogen) atoms. The molecule has 2 N–H and O–H groups in total. The summed E-state index contributed by atoms with van der Waals surface area (Å²) in [5.41, 5.74) is 0. The Labute approximate surface area is 86.6 Å². The van der Waals surface area contributed by atoms with E-state index in [2.05, 4.69) is 5.32 Å². The molecule has 5 nitrogen and oxygen atoms in total. The Hall–Kier alpha value is -0.750. The molecule has 0 aromatic carbocycles. The number of aliphatic carboxylic acids is 1. The fourth-order valence-electron chi connectivity index (χ4n) is 1.13. The van der Waals surface area contributed by atoms with Gasteiger partial charge in [-0.2, -0.15) is 0 Å². The first-order chi connectivity index (χ1) is 6.44. The number of carboxylic acids is 1. The van der Waals surface area contributed by atoms with E-state index in [1.807, 2.05) is 0 Å². The van der Waals surface area contributed by atoms with Crippen LogP contribution in [-0.4, -0.2) is 33.7 Å². The van der Waals surface area contributed by atoms with Gasteiger partial charge >= 0.3 is 5.97 Å². The van der Waals surface area contributed by atoms with Crippen molar-refractivity contribution >= 4 is 37.0 Å². The summed E-state index contributed by atoms with van der Waals surface area (Å²) in [6.07, 6.45) is 0.303. The average molecular weight is 240 g/mol. The largest absolute Gasteiger partial charge is 0.481 e. The minimum atomic E-state index is -2.12. The highest BCUT2D eigenvalue weighted by Gasteiger charge is 2.39. The summed E-state index contributed by atoms with van der Waals surface area (Å²) >= 11 is 0. The molecule has 0 aliphatic carbocycles. The molecule has 0 aromatic heterocycles. The van der Waals surface area contributed by atoms with E-state index in [-0.39, 0.29) is 18.1 Å². The van der Waals surface area contributed by atoms with Gasteiger partial charge in [0, 0.05) is 6.42 Å². The number of hydrogen-bond donors (Lipinski definition) is 2. The van der Waals surface area contributed by atoms with Crippen molar-refractivity contribution in [3.8, 4) is 0 Å². The predicted molar refractivity (Wildman–Crippen MR) is 53.6 cm³/mol. The van der Waals surface area contributed by atoms with Crippen molar-refractivity contribution in [2.45, 2.75) is 12.8 Å². The molecule has 1 aliphatic rings. The Morgan fingerprint density at radius 3 is 2.64 bits per heavy atom. The minimum absolute atomic E-state index is 0.0208. The molecule has 0 bridgehead atoms. The molecule has 1 rings (SSSR count). The van der Waals surface area contributed by atoms with Crippen LogP contribution < -0.4 is 5.32 Å². The lowest BCUT2D eigenvalue weighted by Crippen LogP contribution is -2.19. The summed E-state index contributed by atoms with van der Waals surface area (Å²) in [5.74, 6) is -0.976. The molecule has 1 aliphatic heterocycles. The van der Waals surface area contributed by atoms with Gasteiger partial charge < -0.3 is 5.11 Å². The zero-order valence-electron chi connectivity index (χ0n) is 7.29. The molecule has 1 heterocycles. The molecule has 0 radical (unpaired) electrons. The van der Waals surface area contributed by atoms with Crippen LogP contribution in [0.5, 0.6) is 0 Å². The molecule has 1 unspecified atom stereocenters. The second kappa shape index (κ2) is 4.18. The number of carboxylic acid groups (broad SMARTS) is 1. The highest BCUT2D eigenvalue weighted by atomic mass is 35.7. The Balaban J connectivity index is 2.46. The van der Waals surface area contributed by atoms with Gasteiger partial charge in [0.05, 0.1) is 5.75 Å². The second-order valence-corrected chi connectivity index (χ2v) is 7.39. The Kier molecular flexibility index (Phi) is 3.38. The van der Waals surface area contributed by atoms with E-state index >= 15 is 0 Å². The highest BCUT2D eigenvalue weighted by Crippen LogP contribution is 2.56. The van der Waals surface area contributed by atoms with E-state index in [9.17, 15) is 14.4 Å². The first-order valence-electron chi connectivity index (χ1n) is 3.98. The van der Waals surface area contributed by atoms with Gasteiger partial charge in [0.1, 0.15) is 0 Å². The second-order valence-electron chi connectivity index (χ2n) is 2.97. The molecule has 80 valence electrons. The van der Waals surface area contributed by atoms with Crippen LogP contribution in [0.3, 0.4) is 0 Å². The van der Waals surface area contributed by atoms with Gasteiger partial charge in [0.2, 0.25) is 5.91 Å². The highest BCUT2D eigenvalue weighted by molar-refractivity contribution is 8.61. The van der Waals surface area contributed by atoms with Crippen LogP contribution in [0.25, 0.3) is 0 Å². The first-order valence-corrected chi connectivity index (χ1v) is 6.78. The van der Waals surface area contributed by atoms with Crippen LogP contribution in [0, 0.1) is 0 Å². The Bertz CT molecular complexity index is 295. The number of nitrogens with one attached hydrogen (secondary N) is 1. The molecule has 1 fully saturated rings. The van der Waals surface area contributed by atoms with Gasteiger partial charge in [0.25, 0.3) is 5.24 Å². The number of hydrogen-bond acceptors (Lipinski definition) is 3. The Morgan fingerprint density at radius 2 is 2.21 bits per heavy atom. The van der Waals surface area contributed by atoms with E-state index in [1.165, 1.54) is 0 Å². The van der Waals surface area contributed by atoms with E-state index in [0.29, 0.717) is 12.2 Å². The van der Waals surface area contributed by atoms with Crippen molar-refractivity contribution in [3.63, 3.8) is 0 Å². The fourth-order valence-corrected chi connectivity index (χ4v) is 3.72. The number of halogens is 1. The van der Waals surface area contributed by atoms with E-state index in [4.69, 9.17) is 15.8 Å². The third kappa shape index (κ3) is 2.62. The molecular weight excluding hydrogens is 230 g/mol. The smallest absolute Gasteiger partial charge is 0.303 e. The molecule has 0 aromatic rings. The van der Waals surface area contributed by atoms with E-state index in [1.54, 1.807) is 0 Å². The van der Waals surface area contributed by atoms with Crippen LogP contribution in [0.2, 0.25) is 0 Å². The number of rotatable bonds is 4. The van der Waals surface area contributed by atoms with Crippen LogP contribution in [0.15, 0.2) is 0 Å². The van der Waals surface area contributed by atoms with Crippen LogP contribution in [0.4, 0.5) is 4.79 Å². The topological polar surface area (TPSA) is 83.5 Å². The standard InChI is InChI=1S/C7H10ClNO4S/c8-14(3-1-2-6(11)12)4-5(10)9-7(14)13/h1-4H2,(H,11,12)(H,9,10,13). The molecule has 0 spiro atoms. The molecular formula is C7H10ClNO4S.